The lowest BCUT2D eigenvalue weighted by Crippen LogP contribution is -2.39. The van der Waals surface area contributed by atoms with Crippen molar-refractivity contribution in [3.05, 3.63) is 39.5 Å². The molecular formula is C18H23N3O2S. The number of ether oxygens (including phenoxy) is 1. The highest BCUT2D eigenvalue weighted by Gasteiger charge is 2.27. The van der Waals surface area contributed by atoms with E-state index in [2.05, 4.69) is 16.9 Å². The first-order valence-electron chi connectivity index (χ1n) is 8.40. The van der Waals surface area contributed by atoms with Gasteiger partial charge in [0, 0.05) is 41.7 Å². The molecule has 1 saturated heterocycles. The maximum absolute atomic E-state index is 12.8. The average molecular weight is 345 g/mol. The number of piperidine rings is 1. The second-order valence-electron chi connectivity index (χ2n) is 6.10. The van der Waals surface area contributed by atoms with E-state index in [1.165, 1.54) is 4.88 Å². The molecule has 0 N–H and O–H groups in total. The van der Waals surface area contributed by atoms with Crippen LogP contribution in [0.3, 0.4) is 0 Å². The minimum atomic E-state index is 0.0491. The normalized spacial score (nSPS) is 17.8. The molecule has 6 heteroatoms. The smallest absolute Gasteiger partial charge is 0.254 e. The zero-order valence-corrected chi connectivity index (χ0v) is 15.2. The van der Waals surface area contributed by atoms with Crippen molar-refractivity contribution in [2.24, 2.45) is 0 Å². The third-order valence-electron chi connectivity index (χ3n) is 4.38. The Labute approximate surface area is 146 Å². The lowest BCUT2D eigenvalue weighted by molar-refractivity contribution is 0.0706. The highest BCUT2D eigenvalue weighted by Crippen LogP contribution is 2.31. The van der Waals surface area contributed by atoms with E-state index in [4.69, 9.17) is 4.74 Å². The molecule has 24 heavy (non-hydrogen) atoms. The van der Waals surface area contributed by atoms with Gasteiger partial charge in [0.1, 0.15) is 0 Å². The van der Waals surface area contributed by atoms with Crippen LogP contribution in [-0.2, 0) is 0 Å². The third-order valence-corrected chi connectivity index (χ3v) is 5.61. The van der Waals surface area contributed by atoms with E-state index in [0.29, 0.717) is 24.0 Å². The summed E-state index contributed by atoms with van der Waals surface area (Å²) < 4.78 is 5.40. The Bertz CT molecular complexity index is 709. The third kappa shape index (κ3) is 3.59. The maximum atomic E-state index is 12.8. The number of pyridine rings is 1. The van der Waals surface area contributed by atoms with Gasteiger partial charge in [-0.3, -0.25) is 4.79 Å². The SMILES string of the molecule is CCOc1cc(C(=O)N2CCC[C@@H](c3nc(C)c(C)s3)C2)ccn1. The van der Waals surface area contributed by atoms with Crippen LogP contribution < -0.4 is 4.74 Å². The lowest BCUT2D eigenvalue weighted by atomic mass is 9.98. The van der Waals surface area contributed by atoms with Gasteiger partial charge in [-0.25, -0.2) is 9.97 Å². The molecular weight excluding hydrogens is 322 g/mol. The van der Waals surface area contributed by atoms with E-state index in [9.17, 15) is 4.79 Å². The number of amides is 1. The van der Waals surface area contributed by atoms with Crippen LogP contribution in [0.1, 0.15) is 51.6 Å². The van der Waals surface area contributed by atoms with Crippen LogP contribution in [0.15, 0.2) is 18.3 Å². The summed E-state index contributed by atoms with van der Waals surface area (Å²) in [4.78, 5) is 24.9. The molecule has 0 bridgehead atoms. The molecule has 0 aliphatic carbocycles. The first kappa shape index (κ1) is 16.9. The molecule has 3 rings (SSSR count). The predicted molar refractivity (Wildman–Crippen MR) is 94.9 cm³/mol. The van der Waals surface area contributed by atoms with E-state index in [1.54, 1.807) is 29.7 Å². The van der Waals surface area contributed by atoms with Gasteiger partial charge in [-0.2, -0.15) is 0 Å². The number of thiazole rings is 1. The molecule has 1 aliphatic heterocycles. The number of aromatic nitrogens is 2. The van der Waals surface area contributed by atoms with Gasteiger partial charge in [-0.05, 0) is 39.7 Å². The van der Waals surface area contributed by atoms with Crippen LogP contribution in [0.25, 0.3) is 0 Å². The summed E-state index contributed by atoms with van der Waals surface area (Å²) in [6.45, 7) is 8.13. The van der Waals surface area contributed by atoms with Crippen LogP contribution in [-0.4, -0.2) is 40.5 Å². The zero-order chi connectivity index (χ0) is 17.1. The van der Waals surface area contributed by atoms with Crippen molar-refractivity contribution >= 4 is 17.2 Å². The van der Waals surface area contributed by atoms with Crippen molar-refractivity contribution in [1.29, 1.82) is 0 Å². The molecule has 5 nitrogen and oxygen atoms in total. The van der Waals surface area contributed by atoms with Gasteiger partial charge in [0.25, 0.3) is 5.91 Å². The molecule has 0 saturated carbocycles. The van der Waals surface area contributed by atoms with Gasteiger partial charge < -0.3 is 9.64 Å². The Morgan fingerprint density at radius 3 is 3.00 bits per heavy atom. The van der Waals surface area contributed by atoms with Gasteiger partial charge in [0.05, 0.1) is 17.3 Å². The van der Waals surface area contributed by atoms with E-state index in [-0.39, 0.29) is 5.91 Å². The minimum Gasteiger partial charge on any atom is -0.478 e. The summed E-state index contributed by atoms with van der Waals surface area (Å²) in [5.41, 5.74) is 1.74. The number of likely N-dealkylation sites (tertiary alicyclic amines) is 1. The van der Waals surface area contributed by atoms with Crippen molar-refractivity contribution in [1.82, 2.24) is 14.9 Å². The molecule has 3 heterocycles. The van der Waals surface area contributed by atoms with E-state index in [1.807, 2.05) is 18.7 Å². The number of rotatable bonds is 4. The summed E-state index contributed by atoms with van der Waals surface area (Å²) in [5, 5.41) is 1.16. The van der Waals surface area contributed by atoms with Crippen molar-refractivity contribution in [3.63, 3.8) is 0 Å². The summed E-state index contributed by atoms with van der Waals surface area (Å²) in [5.74, 6) is 0.893. The monoisotopic (exact) mass is 345 g/mol. The average Bonchev–Trinajstić information content (AvgIpc) is 2.94. The zero-order valence-electron chi connectivity index (χ0n) is 14.4. The van der Waals surface area contributed by atoms with Crippen LogP contribution >= 0.6 is 11.3 Å². The fourth-order valence-corrected chi connectivity index (χ4v) is 4.04. The van der Waals surface area contributed by atoms with E-state index in [0.717, 1.165) is 36.6 Å². The Morgan fingerprint density at radius 1 is 1.46 bits per heavy atom. The molecule has 0 radical (unpaired) electrons. The molecule has 1 aliphatic rings. The van der Waals surface area contributed by atoms with Gasteiger partial charge in [-0.15, -0.1) is 11.3 Å². The van der Waals surface area contributed by atoms with E-state index < -0.39 is 0 Å². The topological polar surface area (TPSA) is 55.3 Å². The number of carbonyl (C=O) groups excluding carboxylic acids is 1. The van der Waals surface area contributed by atoms with Crippen LogP contribution in [0.5, 0.6) is 5.88 Å². The Morgan fingerprint density at radius 2 is 2.29 bits per heavy atom. The fourth-order valence-electron chi connectivity index (χ4n) is 2.99. The van der Waals surface area contributed by atoms with Gasteiger partial charge in [0.2, 0.25) is 5.88 Å². The number of aryl methyl sites for hydroxylation is 2. The molecule has 2 aromatic rings. The summed E-state index contributed by atoms with van der Waals surface area (Å²) >= 11 is 1.76. The van der Waals surface area contributed by atoms with Gasteiger partial charge in [-0.1, -0.05) is 0 Å². The second kappa shape index (κ2) is 7.30. The van der Waals surface area contributed by atoms with Crippen LogP contribution in [0.4, 0.5) is 0 Å². The molecule has 1 fully saturated rings. The number of nitrogens with zero attached hydrogens (tertiary/aromatic N) is 3. The van der Waals surface area contributed by atoms with Crippen molar-refractivity contribution < 1.29 is 9.53 Å². The molecule has 2 aromatic heterocycles. The first-order valence-corrected chi connectivity index (χ1v) is 9.22. The summed E-state index contributed by atoms with van der Waals surface area (Å²) in [6.07, 6.45) is 3.74. The van der Waals surface area contributed by atoms with Crippen molar-refractivity contribution in [2.45, 2.75) is 39.5 Å². The number of hydrogen-bond donors (Lipinski definition) is 0. The summed E-state index contributed by atoms with van der Waals surface area (Å²) in [7, 11) is 0. The molecule has 1 atom stereocenters. The predicted octanol–water partition coefficient (Wildman–Crippen LogP) is 3.57. The maximum Gasteiger partial charge on any atom is 0.254 e. The molecule has 0 unspecified atom stereocenters. The Balaban J connectivity index is 1.74. The molecule has 0 aromatic carbocycles. The van der Waals surface area contributed by atoms with E-state index >= 15 is 0 Å². The largest absolute Gasteiger partial charge is 0.478 e. The molecule has 1 amide bonds. The minimum absolute atomic E-state index is 0.0491. The fraction of sp³-hybridized carbons (Fsp3) is 0.500. The Kier molecular flexibility index (Phi) is 5.14. The van der Waals surface area contributed by atoms with Crippen LogP contribution in [0, 0.1) is 13.8 Å². The highest BCUT2D eigenvalue weighted by atomic mass is 32.1. The number of carbonyl (C=O) groups is 1. The van der Waals surface area contributed by atoms with Gasteiger partial charge >= 0.3 is 0 Å². The Hall–Kier alpha value is -1.95. The lowest BCUT2D eigenvalue weighted by Gasteiger charge is -2.32. The highest BCUT2D eigenvalue weighted by molar-refractivity contribution is 7.11. The second-order valence-corrected chi connectivity index (χ2v) is 7.33. The van der Waals surface area contributed by atoms with Crippen LogP contribution in [0.2, 0.25) is 0 Å². The quantitative estimate of drug-likeness (QED) is 0.850. The molecule has 0 spiro atoms. The molecule has 128 valence electrons. The van der Waals surface area contributed by atoms with Crippen molar-refractivity contribution in [2.75, 3.05) is 19.7 Å². The number of hydrogen-bond acceptors (Lipinski definition) is 5. The summed E-state index contributed by atoms with van der Waals surface area (Å²) in [6, 6.07) is 3.49. The first-order chi connectivity index (χ1) is 11.6. The van der Waals surface area contributed by atoms with Gasteiger partial charge in [0.15, 0.2) is 0 Å². The standard InChI is InChI=1S/C18H23N3O2S/c1-4-23-16-10-14(7-8-19-16)18(22)21-9-5-6-15(11-21)17-20-12(2)13(3)24-17/h7-8,10,15H,4-6,9,11H2,1-3H3/t15-/m1/s1. The van der Waals surface area contributed by atoms with Crippen molar-refractivity contribution in [3.8, 4) is 5.88 Å².